The van der Waals surface area contributed by atoms with Crippen LogP contribution in [0.1, 0.15) is 24.6 Å². The fourth-order valence-electron chi connectivity index (χ4n) is 2.65. The molecule has 0 aliphatic carbocycles. The number of pyridine rings is 1. The molecule has 0 saturated carbocycles. The summed E-state index contributed by atoms with van der Waals surface area (Å²) in [7, 11) is 0. The monoisotopic (exact) mass is 285 g/mol. The summed E-state index contributed by atoms with van der Waals surface area (Å²) in [5.74, 6) is -0.299. The van der Waals surface area contributed by atoms with E-state index in [9.17, 15) is 9.18 Å². The van der Waals surface area contributed by atoms with Crippen molar-refractivity contribution >= 4 is 11.0 Å². The first-order chi connectivity index (χ1) is 10.1. The van der Waals surface area contributed by atoms with Gasteiger partial charge in [0, 0.05) is 11.5 Å². The molecule has 5 heteroatoms. The topological polar surface area (TPSA) is 50.7 Å². The molecule has 2 aromatic heterocycles. The lowest BCUT2D eigenvalue weighted by Crippen LogP contribution is -2.09. The first-order valence-corrected chi connectivity index (χ1v) is 6.97. The zero-order valence-electron chi connectivity index (χ0n) is 12.0. The lowest BCUT2D eigenvalue weighted by molar-refractivity contribution is 0.627. The van der Waals surface area contributed by atoms with Gasteiger partial charge in [-0.1, -0.05) is 13.3 Å². The largest absolute Gasteiger partial charge is 0.306 e. The third-order valence-electron chi connectivity index (χ3n) is 3.52. The van der Waals surface area contributed by atoms with Crippen LogP contribution in [-0.2, 0) is 6.42 Å². The van der Waals surface area contributed by atoms with Crippen molar-refractivity contribution in [1.29, 1.82) is 0 Å². The van der Waals surface area contributed by atoms with E-state index in [1.807, 2.05) is 6.92 Å². The number of benzene rings is 1. The molecule has 0 aliphatic heterocycles. The number of rotatable bonds is 3. The molecule has 0 spiro atoms. The van der Waals surface area contributed by atoms with E-state index < -0.39 is 0 Å². The normalized spacial score (nSPS) is 11.2. The van der Waals surface area contributed by atoms with E-state index in [1.165, 1.54) is 12.1 Å². The molecule has 108 valence electrons. The van der Waals surface area contributed by atoms with Gasteiger partial charge in [-0.15, -0.1) is 0 Å². The smallest absolute Gasteiger partial charge is 0.249 e. The lowest BCUT2D eigenvalue weighted by Gasteiger charge is -2.04. The van der Waals surface area contributed by atoms with E-state index in [0.717, 1.165) is 35.2 Å². The molecule has 1 N–H and O–H groups in total. The van der Waals surface area contributed by atoms with Crippen LogP contribution in [0.4, 0.5) is 4.39 Å². The molecular formula is C16H16FN3O. The van der Waals surface area contributed by atoms with Crippen LogP contribution in [0.5, 0.6) is 0 Å². The quantitative estimate of drug-likeness (QED) is 0.804. The van der Waals surface area contributed by atoms with Gasteiger partial charge in [0.1, 0.15) is 11.5 Å². The number of halogens is 1. The molecule has 0 radical (unpaired) electrons. The standard InChI is InChI=1S/C16H16FN3O/c1-3-4-11-9-14(21)18-16-15(11)10(2)19-20(16)13-7-5-12(17)6-8-13/h5-9H,3-4H2,1-2H3,(H,18,21). The van der Waals surface area contributed by atoms with Crippen LogP contribution in [0.3, 0.4) is 0 Å². The lowest BCUT2D eigenvalue weighted by atomic mass is 10.1. The number of aryl methyl sites for hydroxylation is 2. The first kappa shape index (κ1) is 13.5. The summed E-state index contributed by atoms with van der Waals surface area (Å²) in [6, 6.07) is 7.69. The minimum absolute atomic E-state index is 0.144. The van der Waals surface area contributed by atoms with Gasteiger partial charge in [0.2, 0.25) is 5.56 Å². The number of aromatic nitrogens is 3. The molecule has 0 atom stereocenters. The number of fused-ring (bicyclic) bond motifs is 1. The van der Waals surface area contributed by atoms with Crippen molar-refractivity contribution in [2.75, 3.05) is 0 Å². The number of aromatic amines is 1. The Morgan fingerprint density at radius 1 is 1.29 bits per heavy atom. The predicted octanol–water partition coefficient (Wildman–Crippen LogP) is 3.11. The van der Waals surface area contributed by atoms with Crippen LogP contribution in [0, 0.1) is 12.7 Å². The molecule has 0 aliphatic rings. The van der Waals surface area contributed by atoms with Crippen LogP contribution >= 0.6 is 0 Å². The van der Waals surface area contributed by atoms with Crippen LogP contribution in [0.25, 0.3) is 16.7 Å². The number of H-pyrrole nitrogens is 1. The van der Waals surface area contributed by atoms with Gasteiger partial charge in [-0.05, 0) is 43.2 Å². The van der Waals surface area contributed by atoms with Crippen molar-refractivity contribution in [1.82, 2.24) is 14.8 Å². The van der Waals surface area contributed by atoms with Crippen LogP contribution in [-0.4, -0.2) is 14.8 Å². The summed E-state index contributed by atoms with van der Waals surface area (Å²) in [4.78, 5) is 14.7. The second-order valence-electron chi connectivity index (χ2n) is 5.11. The second kappa shape index (κ2) is 5.16. The SMILES string of the molecule is CCCc1cc(=O)[nH]c2c1c(C)nn2-c1ccc(F)cc1. The van der Waals surface area contributed by atoms with E-state index in [1.54, 1.807) is 22.9 Å². The van der Waals surface area contributed by atoms with E-state index in [0.29, 0.717) is 5.65 Å². The zero-order valence-corrected chi connectivity index (χ0v) is 12.0. The molecule has 0 saturated heterocycles. The first-order valence-electron chi connectivity index (χ1n) is 6.97. The van der Waals surface area contributed by atoms with Gasteiger partial charge in [0.15, 0.2) is 0 Å². The molecule has 3 rings (SSSR count). The fraction of sp³-hybridized carbons (Fsp3) is 0.250. The van der Waals surface area contributed by atoms with Gasteiger partial charge in [0.25, 0.3) is 0 Å². The highest BCUT2D eigenvalue weighted by atomic mass is 19.1. The van der Waals surface area contributed by atoms with Gasteiger partial charge in [0.05, 0.1) is 11.4 Å². The van der Waals surface area contributed by atoms with Crippen LogP contribution in [0.15, 0.2) is 35.1 Å². The van der Waals surface area contributed by atoms with Crippen molar-refractivity contribution < 1.29 is 4.39 Å². The molecule has 0 unspecified atom stereocenters. The highest BCUT2D eigenvalue weighted by Gasteiger charge is 2.14. The third-order valence-corrected chi connectivity index (χ3v) is 3.52. The summed E-state index contributed by atoms with van der Waals surface area (Å²) >= 11 is 0. The predicted molar refractivity (Wildman–Crippen MR) is 80.4 cm³/mol. The van der Waals surface area contributed by atoms with E-state index in [2.05, 4.69) is 17.0 Å². The molecule has 4 nitrogen and oxygen atoms in total. The molecular weight excluding hydrogens is 269 g/mol. The van der Waals surface area contributed by atoms with Crippen LogP contribution < -0.4 is 5.56 Å². The van der Waals surface area contributed by atoms with Gasteiger partial charge in [-0.2, -0.15) is 5.10 Å². The van der Waals surface area contributed by atoms with Crippen molar-refractivity contribution in [2.45, 2.75) is 26.7 Å². The van der Waals surface area contributed by atoms with E-state index in [-0.39, 0.29) is 11.4 Å². The van der Waals surface area contributed by atoms with Gasteiger partial charge < -0.3 is 4.98 Å². The Labute approximate surface area is 121 Å². The number of hydrogen-bond donors (Lipinski definition) is 1. The molecule has 0 fully saturated rings. The summed E-state index contributed by atoms with van der Waals surface area (Å²) < 4.78 is 14.7. The second-order valence-corrected chi connectivity index (χ2v) is 5.11. The molecule has 1 aromatic carbocycles. The minimum atomic E-state index is -0.299. The van der Waals surface area contributed by atoms with E-state index >= 15 is 0 Å². The van der Waals surface area contributed by atoms with Crippen molar-refractivity contribution in [3.8, 4) is 5.69 Å². The molecule has 3 aromatic rings. The maximum atomic E-state index is 13.1. The number of nitrogens with zero attached hydrogens (tertiary/aromatic N) is 2. The fourth-order valence-corrected chi connectivity index (χ4v) is 2.65. The Balaban J connectivity index is 2.30. The van der Waals surface area contributed by atoms with Crippen LogP contribution in [0.2, 0.25) is 0 Å². The van der Waals surface area contributed by atoms with E-state index in [4.69, 9.17) is 0 Å². The third kappa shape index (κ3) is 2.35. The Hall–Kier alpha value is -2.43. The zero-order chi connectivity index (χ0) is 15.0. The summed E-state index contributed by atoms with van der Waals surface area (Å²) in [6.45, 7) is 3.99. The maximum absolute atomic E-state index is 13.1. The molecule has 0 amide bonds. The molecule has 0 bridgehead atoms. The highest BCUT2D eigenvalue weighted by Crippen LogP contribution is 2.23. The summed E-state index contributed by atoms with van der Waals surface area (Å²) in [5, 5.41) is 5.47. The molecule has 2 heterocycles. The Bertz CT molecular complexity index is 846. The summed E-state index contributed by atoms with van der Waals surface area (Å²) in [6.07, 6.45) is 1.79. The number of nitrogens with one attached hydrogen (secondary N) is 1. The Morgan fingerprint density at radius 2 is 2.00 bits per heavy atom. The average Bonchev–Trinajstić information content (AvgIpc) is 2.77. The summed E-state index contributed by atoms with van der Waals surface area (Å²) in [5.41, 5.74) is 3.10. The minimum Gasteiger partial charge on any atom is -0.306 e. The van der Waals surface area contributed by atoms with Crippen molar-refractivity contribution in [3.05, 3.63) is 57.8 Å². The Morgan fingerprint density at radius 3 is 2.67 bits per heavy atom. The van der Waals surface area contributed by atoms with Gasteiger partial charge in [-0.25, -0.2) is 9.07 Å². The highest BCUT2D eigenvalue weighted by molar-refractivity contribution is 5.83. The van der Waals surface area contributed by atoms with Gasteiger partial charge >= 0.3 is 0 Å². The van der Waals surface area contributed by atoms with Crippen molar-refractivity contribution in [2.24, 2.45) is 0 Å². The van der Waals surface area contributed by atoms with Gasteiger partial charge in [-0.3, -0.25) is 4.79 Å². The number of hydrogen-bond acceptors (Lipinski definition) is 2. The van der Waals surface area contributed by atoms with Crippen molar-refractivity contribution in [3.63, 3.8) is 0 Å². The molecule has 21 heavy (non-hydrogen) atoms. The average molecular weight is 285 g/mol. The Kier molecular flexibility index (Phi) is 3.33. The maximum Gasteiger partial charge on any atom is 0.249 e.